The van der Waals surface area contributed by atoms with E-state index in [4.69, 9.17) is 0 Å². The molecule has 0 radical (unpaired) electrons. The Morgan fingerprint density at radius 2 is 1.71 bits per heavy atom. The molecule has 3 aliphatic rings. The Morgan fingerprint density at radius 1 is 1.02 bits per heavy atom. The number of carbonyl (C=O) groups is 2. The van der Waals surface area contributed by atoms with Crippen LogP contribution < -0.4 is 15.5 Å². The molecule has 2 aromatic carbocycles. The van der Waals surface area contributed by atoms with Gasteiger partial charge < -0.3 is 15.5 Å². The summed E-state index contributed by atoms with van der Waals surface area (Å²) in [5, 5.41) is 10.7. The van der Waals surface area contributed by atoms with E-state index < -0.39 is 46.2 Å². The molecule has 4 heterocycles. The van der Waals surface area contributed by atoms with Gasteiger partial charge >= 0.3 is 12.4 Å². The first-order valence-electron chi connectivity index (χ1n) is 16.4. The normalized spacial score (nSPS) is 27.2. The minimum Gasteiger partial charge on any atom is -0.367 e. The number of hydrogen-bond donors (Lipinski definition) is 2. The summed E-state index contributed by atoms with van der Waals surface area (Å²) in [4.78, 5) is 29.4. The van der Waals surface area contributed by atoms with E-state index in [2.05, 4.69) is 32.0 Å². The van der Waals surface area contributed by atoms with Crippen molar-refractivity contribution < 1.29 is 35.9 Å². The van der Waals surface area contributed by atoms with E-state index in [-0.39, 0.29) is 43.0 Å². The number of aromatic nitrogens is 2. The lowest BCUT2D eigenvalue weighted by atomic mass is 9.64. The van der Waals surface area contributed by atoms with Gasteiger partial charge in [-0.15, -0.1) is 5.10 Å². The molecule has 3 aliphatic heterocycles. The zero-order chi connectivity index (χ0) is 35.0. The standard InChI is InChI=1S/C34H38F6N6O2S/c1-32(8-9-41-17-27(32)31(48)28-18-43-44-49-28)29-19-42-10-12-45(29)23-7-11-46(24(16-23)13-21-5-3-2-4-6-21)30-25(33(35,36)37)14-22(20-47)15-26(30)34(38,39)40/h2-6,14-15,18,20,23-24,27,29,41-42H,7-13,16-17,19H2,1H3. The number of Topliss-reactive ketones (excluding diaryl/α,β-unsaturated/α-hetero) is 1. The fraction of sp³-hybridized carbons (Fsp3) is 0.529. The summed E-state index contributed by atoms with van der Waals surface area (Å²) in [7, 11) is 0. The molecule has 0 spiro atoms. The van der Waals surface area contributed by atoms with Gasteiger partial charge in [0, 0.05) is 62.3 Å². The molecule has 15 heteroatoms. The van der Waals surface area contributed by atoms with Crippen LogP contribution in [0.3, 0.4) is 0 Å². The Hall–Kier alpha value is -3.40. The molecule has 3 saturated heterocycles. The van der Waals surface area contributed by atoms with Crippen molar-refractivity contribution in [1.82, 2.24) is 25.1 Å². The van der Waals surface area contributed by atoms with Gasteiger partial charge in [0.25, 0.3) is 0 Å². The smallest absolute Gasteiger partial charge is 0.367 e. The Labute approximate surface area is 284 Å². The van der Waals surface area contributed by atoms with Gasteiger partial charge in [0.1, 0.15) is 11.2 Å². The molecule has 0 amide bonds. The zero-order valence-electron chi connectivity index (χ0n) is 26.9. The summed E-state index contributed by atoms with van der Waals surface area (Å²) in [6, 6.07) is 9.06. The first-order valence-corrected chi connectivity index (χ1v) is 17.2. The number of nitrogens with one attached hydrogen (secondary N) is 2. The quantitative estimate of drug-likeness (QED) is 0.174. The number of aldehydes is 1. The molecule has 0 aliphatic carbocycles. The number of piperidine rings is 2. The number of hydrogen-bond acceptors (Lipinski definition) is 9. The van der Waals surface area contributed by atoms with Gasteiger partial charge in [-0.25, -0.2) is 0 Å². The van der Waals surface area contributed by atoms with E-state index in [1.54, 1.807) is 18.2 Å². The van der Waals surface area contributed by atoms with Crippen LogP contribution in [0.4, 0.5) is 32.0 Å². The van der Waals surface area contributed by atoms with Gasteiger partial charge in [-0.3, -0.25) is 14.5 Å². The predicted molar refractivity (Wildman–Crippen MR) is 173 cm³/mol. The number of benzene rings is 2. The number of piperazine rings is 1. The molecule has 3 aromatic rings. The molecule has 6 rings (SSSR count). The SMILES string of the molecule is CC1(C2CNCCN2C2CCN(c3c(C(F)(F)F)cc(C=O)cc3C(F)(F)F)C(Cc3ccccc3)C2)CCNCC1C(=O)c1cnns1. The highest BCUT2D eigenvalue weighted by atomic mass is 32.1. The van der Waals surface area contributed by atoms with Gasteiger partial charge in [-0.2, -0.15) is 26.3 Å². The van der Waals surface area contributed by atoms with Crippen molar-refractivity contribution >= 4 is 29.3 Å². The van der Waals surface area contributed by atoms with Crippen LogP contribution in [0.1, 0.15) is 62.9 Å². The number of anilines is 1. The van der Waals surface area contributed by atoms with Crippen LogP contribution in [0.5, 0.6) is 0 Å². The van der Waals surface area contributed by atoms with E-state index in [0.717, 1.165) is 17.1 Å². The summed E-state index contributed by atoms with van der Waals surface area (Å²) in [5.41, 5.74) is -4.26. The molecule has 49 heavy (non-hydrogen) atoms. The molecule has 0 saturated carbocycles. The third-order valence-electron chi connectivity index (χ3n) is 10.6. The van der Waals surface area contributed by atoms with Crippen LogP contribution in [0.2, 0.25) is 0 Å². The average Bonchev–Trinajstić information content (AvgIpc) is 3.63. The summed E-state index contributed by atoms with van der Waals surface area (Å²) in [6.07, 6.45) is -7.23. The molecule has 5 atom stereocenters. The van der Waals surface area contributed by atoms with Crippen molar-refractivity contribution in [3.8, 4) is 0 Å². The molecular weight excluding hydrogens is 670 g/mol. The Morgan fingerprint density at radius 3 is 2.35 bits per heavy atom. The third-order valence-corrected chi connectivity index (χ3v) is 11.3. The van der Waals surface area contributed by atoms with Crippen LogP contribution >= 0.6 is 11.5 Å². The average molecular weight is 709 g/mol. The number of rotatable bonds is 8. The van der Waals surface area contributed by atoms with Gasteiger partial charge in [0.05, 0.1) is 23.0 Å². The highest BCUT2D eigenvalue weighted by Gasteiger charge is 2.52. The minimum absolute atomic E-state index is 0.0112. The topological polar surface area (TPSA) is 90.5 Å². The fourth-order valence-corrected chi connectivity index (χ4v) is 8.70. The van der Waals surface area contributed by atoms with Crippen LogP contribution in [0.25, 0.3) is 0 Å². The second-order valence-corrected chi connectivity index (χ2v) is 14.2. The van der Waals surface area contributed by atoms with E-state index in [1.807, 2.05) is 12.1 Å². The monoisotopic (exact) mass is 708 g/mol. The fourth-order valence-electron chi connectivity index (χ4n) is 8.19. The Bertz CT molecular complexity index is 1590. The highest BCUT2D eigenvalue weighted by Crippen LogP contribution is 2.48. The third kappa shape index (κ3) is 7.26. The largest absolute Gasteiger partial charge is 0.418 e. The predicted octanol–water partition coefficient (Wildman–Crippen LogP) is 5.74. The molecule has 264 valence electrons. The first kappa shape index (κ1) is 35.4. The molecule has 3 fully saturated rings. The summed E-state index contributed by atoms with van der Waals surface area (Å²) < 4.78 is 91.2. The van der Waals surface area contributed by atoms with Crippen molar-refractivity contribution in [2.45, 2.75) is 63.1 Å². The van der Waals surface area contributed by atoms with Crippen molar-refractivity contribution in [2.24, 2.45) is 11.3 Å². The second-order valence-electron chi connectivity index (χ2n) is 13.4. The second kappa shape index (κ2) is 14.1. The van der Waals surface area contributed by atoms with Crippen molar-refractivity contribution in [1.29, 1.82) is 0 Å². The maximum atomic E-state index is 14.5. The van der Waals surface area contributed by atoms with E-state index in [1.165, 1.54) is 11.1 Å². The molecular formula is C34H38F6N6O2S. The maximum absolute atomic E-state index is 14.5. The lowest BCUT2D eigenvalue weighted by Crippen LogP contribution is -2.67. The number of halogens is 6. The number of ketones is 1. The van der Waals surface area contributed by atoms with E-state index in [9.17, 15) is 35.9 Å². The van der Waals surface area contributed by atoms with Crippen LogP contribution in [0.15, 0.2) is 48.7 Å². The number of carbonyl (C=O) groups excluding carboxylic acids is 2. The van der Waals surface area contributed by atoms with Gasteiger partial charge in [0.2, 0.25) is 0 Å². The van der Waals surface area contributed by atoms with E-state index >= 15 is 0 Å². The van der Waals surface area contributed by atoms with Crippen molar-refractivity contribution in [3.63, 3.8) is 0 Å². The van der Waals surface area contributed by atoms with Crippen LogP contribution in [-0.4, -0.2) is 84.0 Å². The maximum Gasteiger partial charge on any atom is 0.418 e. The van der Waals surface area contributed by atoms with E-state index in [0.29, 0.717) is 69.0 Å². The van der Waals surface area contributed by atoms with Crippen LogP contribution in [-0.2, 0) is 18.8 Å². The highest BCUT2D eigenvalue weighted by molar-refractivity contribution is 7.07. The zero-order valence-corrected chi connectivity index (χ0v) is 27.7. The molecule has 8 nitrogen and oxygen atoms in total. The summed E-state index contributed by atoms with van der Waals surface area (Å²) in [6.45, 7) is 5.12. The van der Waals surface area contributed by atoms with Gasteiger partial charge in [0.15, 0.2) is 5.78 Å². The van der Waals surface area contributed by atoms with Gasteiger partial charge in [-0.1, -0.05) is 41.7 Å². The minimum atomic E-state index is -5.13. The van der Waals surface area contributed by atoms with Crippen molar-refractivity contribution in [3.05, 3.63) is 75.8 Å². The lowest BCUT2D eigenvalue weighted by Gasteiger charge is -2.56. The molecule has 0 bridgehead atoms. The molecule has 2 N–H and O–H groups in total. The first-order chi connectivity index (χ1) is 23.3. The van der Waals surface area contributed by atoms with Gasteiger partial charge in [-0.05, 0) is 66.9 Å². The number of nitrogens with zero attached hydrogens (tertiary/aromatic N) is 4. The van der Waals surface area contributed by atoms with Crippen LogP contribution in [0, 0.1) is 11.3 Å². The molecule has 5 unspecified atom stereocenters. The summed E-state index contributed by atoms with van der Waals surface area (Å²) >= 11 is 1.06. The lowest BCUT2D eigenvalue weighted by molar-refractivity contribution is -0.142. The Kier molecular flexibility index (Phi) is 10.2. The van der Waals surface area contributed by atoms with Crippen molar-refractivity contribution in [2.75, 3.05) is 44.2 Å². The summed E-state index contributed by atoms with van der Waals surface area (Å²) in [5.74, 6) is -0.416. The number of alkyl halides is 6. The molecule has 1 aromatic heterocycles. The Balaban J connectivity index is 1.38.